The van der Waals surface area contributed by atoms with Crippen molar-refractivity contribution in [1.82, 2.24) is 0 Å². The Hall–Kier alpha value is -2.42. The van der Waals surface area contributed by atoms with Gasteiger partial charge in [0.15, 0.2) is 5.78 Å². The second-order valence-corrected chi connectivity index (χ2v) is 7.44. The van der Waals surface area contributed by atoms with Crippen molar-refractivity contribution >= 4 is 11.8 Å². The highest BCUT2D eigenvalue weighted by Crippen LogP contribution is 2.15. The molecule has 0 spiro atoms. The van der Waals surface area contributed by atoms with Gasteiger partial charge >= 0.3 is 5.97 Å². The smallest absolute Gasteiger partial charge is 0.305 e. The van der Waals surface area contributed by atoms with E-state index in [0.717, 1.165) is 56.1 Å². The maximum Gasteiger partial charge on any atom is 0.305 e. The number of carbonyl (C=O) groups is 2. The zero-order chi connectivity index (χ0) is 22.5. The molecule has 3 nitrogen and oxygen atoms in total. The number of hydrogen-bond donors (Lipinski definition) is 0. The van der Waals surface area contributed by atoms with Crippen molar-refractivity contribution < 1.29 is 17.1 Å². The first-order chi connectivity index (χ1) is 15.0. The Kier molecular flexibility index (Phi) is 8.86. The topological polar surface area (TPSA) is 43.4 Å². The normalized spacial score (nSPS) is 12.7. The van der Waals surface area contributed by atoms with Crippen molar-refractivity contribution in [2.75, 3.05) is 7.11 Å². The van der Waals surface area contributed by atoms with Gasteiger partial charge in [0.25, 0.3) is 0 Å². The Morgan fingerprint density at radius 2 is 1.31 bits per heavy atom. The van der Waals surface area contributed by atoms with Crippen molar-refractivity contribution in [2.45, 2.75) is 71.1 Å². The van der Waals surface area contributed by atoms with Crippen LogP contribution in [0.25, 0.3) is 0 Å². The molecule has 0 aliphatic rings. The quantitative estimate of drug-likeness (QED) is 0.222. The molecule has 0 saturated carbocycles. The lowest BCUT2D eigenvalue weighted by molar-refractivity contribution is -0.140. The van der Waals surface area contributed by atoms with Crippen LogP contribution in [0.2, 0.25) is 0 Å². The number of ketones is 1. The summed E-state index contributed by atoms with van der Waals surface area (Å²) in [7, 11) is 1.43. The Bertz CT molecular complexity index is 800. The van der Waals surface area contributed by atoms with Gasteiger partial charge in [0, 0.05) is 20.3 Å². The van der Waals surface area contributed by atoms with E-state index in [1.807, 2.05) is 36.4 Å². The number of aryl methyl sites for hydroxylation is 2. The fraction of sp³-hybridized carbons (Fsp3) is 0.462. The van der Waals surface area contributed by atoms with Gasteiger partial charge < -0.3 is 4.74 Å². The fourth-order valence-corrected chi connectivity index (χ4v) is 3.26. The van der Waals surface area contributed by atoms with Crippen LogP contribution in [0.3, 0.4) is 0 Å². The van der Waals surface area contributed by atoms with Crippen molar-refractivity contribution in [1.29, 1.82) is 0 Å². The number of methoxy groups -OCH3 is 1. The predicted molar refractivity (Wildman–Crippen MR) is 118 cm³/mol. The first kappa shape index (κ1) is 19.9. The minimum Gasteiger partial charge on any atom is -0.469 e. The molecule has 29 heavy (non-hydrogen) atoms. The fourth-order valence-electron chi connectivity index (χ4n) is 3.26. The molecule has 0 radical (unpaired) electrons. The molecule has 0 fully saturated rings. The van der Waals surface area contributed by atoms with Gasteiger partial charge in [-0.3, -0.25) is 9.59 Å². The van der Waals surface area contributed by atoms with Gasteiger partial charge in [-0.1, -0.05) is 92.6 Å². The third-order valence-corrected chi connectivity index (χ3v) is 5.08. The molecule has 1 atom stereocenters. The lowest BCUT2D eigenvalue weighted by Crippen LogP contribution is -2.01. The van der Waals surface area contributed by atoms with Gasteiger partial charge in [0.05, 0.1) is 7.11 Å². The number of ether oxygens (including phenoxy) is 1. The zero-order valence-corrected chi connectivity index (χ0v) is 17.5. The molecule has 0 bridgehead atoms. The molecule has 1 unspecified atom stereocenters. The van der Waals surface area contributed by atoms with E-state index < -0.39 is 0 Å². The molecule has 0 N–H and O–H groups in total. The van der Waals surface area contributed by atoms with Crippen LogP contribution in [0.15, 0.2) is 48.5 Å². The number of hydrogen-bond acceptors (Lipinski definition) is 3. The highest BCUT2D eigenvalue weighted by Gasteiger charge is 2.08. The van der Waals surface area contributed by atoms with Crippen molar-refractivity contribution in [3.8, 4) is 0 Å². The second-order valence-electron chi connectivity index (χ2n) is 7.44. The highest BCUT2D eigenvalue weighted by atomic mass is 16.5. The number of carbonyl (C=O) groups excluding carboxylic acids is 2. The van der Waals surface area contributed by atoms with E-state index >= 15 is 0 Å². The lowest BCUT2D eigenvalue weighted by atomic mass is 9.99. The summed E-state index contributed by atoms with van der Waals surface area (Å²) in [6.45, 7) is 0.213. The lowest BCUT2D eigenvalue weighted by Gasteiger charge is -2.05. The van der Waals surface area contributed by atoms with Crippen LogP contribution in [0.5, 0.6) is 0 Å². The van der Waals surface area contributed by atoms with Crippen LogP contribution >= 0.6 is 0 Å². The van der Waals surface area contributed by atoms with Crippen molar-refractivity contribution in [2.24, 2.45) is 0 Å². The molecule has 2 aromatic carbocycles. The van der Waals surface area contributed by atoms with Crippen LogP contribution in [-0.2, 0) is 15.9 Å². The van der Waals surface area contributed by atoms with Crippen molar-refractivity contribution in [3.63, 3.8) is 0 Å². The van der Waals surface area contributed by atoms with Gasteiger partial charge in [0.2, 0.25) is 0 Å². The van der Waals surface area contributed by atoms with Crippen LogP contribution in [0, 0.1) is 6.90 Å². The van der Waals surface area contributed by atoms with E-state index in [-0.39, 0.29) is 25.0 Å². The molecule has 2 rings (SSSR count). The molecule has 156 valence electrons. The number of unbranched alkanes of at least 4 members (excludes halogenated alkanes) is 6. The summed E-state index contributed by atoms with van der Waals surface area (Å²) in [5.74, 6) is -0.158. The summed E-state index contributed by atoms with van der Waals surface area (Å²) in [5.41, 5.74) is 3.09. The van der Waals surface area contributed by atoms with Gasteiger partial charge in [-0.2, -0.15) is 0 Å². The summed E-state index contributed by atoms with van der Waals surface area (Å²) in [4.78, 5) is 23.6. The summed E-state index contributed by atoms with van der Waals surface area (Å²) >= 11 is 0. The Labute approximate surface area is 178 Å². The van der Waals surface area contributed by atoms with E-state index in [9.17, 15) is 9.59 Å². The average molecular weight is 397 g/mol. The Morgan fingerprint density at radius 3 is 1.86 bits per heavy atom. The van der Waals surface area contributed by atoms with Crippen molar-refractivity contribution in [3.05, 3.63) is 70.8 Å². The zero-order valence-electron chi connectivity index (χ0n) is 19.5. The third kappa shape index (κ3) is 8.64. The molecular formula is C26H34O3. The first-order valence-corrected chi connectivity index (χ1v) is 10.6. The van der Waals surface area contributed by atoms with Gasteiger partial charge in [-0.25, -0.2) is 0 Å². The Balaban J connectivity index is 1.66. The third-order valence-electron chi connectivity index (χ3n) is 5.08. The molecule has 0 aliphatic heterocycles. The molecule has 0 heterocycles. The van der Waals surface area contributed by atoms with Crippen LogP contribution < -0.4 is 0 Å². The number of rotatable bonds is 13. The first-order valence-electron chi connectivity index (χ1n) is 11.9. The largest absolute Gasteiger partial charge is 0.469 e. The molecule has 0 aliphatic carbocycles. The summed E-state index contributed by atoms with van der Waals surface area (Å²) in [6.07, 6.45) is 8.66. The van der Waals surface area contributed by atoms with E-state index in [4.69, 9.17) is 2.74 Å². The molecule has 3 heteroatoms. The number of esters is 1. The molecule has 0 saturated heterocycles. The van der Waals surface area contributed by atoms with Gasteiger partial charge in [0.1, 0.15) is 0 Å². The van der Waals surface area contributed by atoms with E-state index in [2.05, 4.69) is 4.74 Å². The average Bonchev–Trinajstić information content (AvgIpc) is 2.82. The van der Waals surface area contributed by atoms with Crippen LogP contribution in [0.4, 0.5) is 0 Å². The van der Waals surface area contributed by atoms with Gasteiger partial charge in [-0.05, 0) is 31.7 Å². The highest BCUT2D eigenvalue weighted by molar-refractivity contribution is 6.08. The maximum atomic E-state index is 12.6. The summed E-state index contributed by atoms with van der Waals surface area (Å²) in [6, 6.07) is 14.6. The SMILES string of the molecule is [2H]Cc1ccc(C(=O)c2ccc(C([2H])CCCCCCCCCC(=O)OC)cc2)cc1. The molecule has 0 aromatic heterocycles. The minimum absolute atomic E-state index is 0.0313. The monoisotopic (exact) mass is 396 g/mol. The van der Waals surface area contributed by atoms with Crippen LogP contribution in [0.1, 0.15) is 87.6 Å². The van der Waals surface area contributed by atoms with Crippen LogP contribution in [-0.4, -0.2) is 18.9 Å². The predicted octanol–water partition coefficient (Wildman–Crippen LogP) is 6.45. The van der Waals surface area contributed by atoms with Gasteiger partial charge in [-0.15, -0.1) is 0 Å². The molecule has 2 aromatic rings. The second kappa shape index (κ2) is 12.9. The number of benzene rings is 2. The summed E-state index contributed by atoms with van der Waals surface area (Å²) < 4.78 is 20.4. The molecular weight excluding hydrogens is 360 g/mol. The van der Waals surface area contributed by atoms with E-state index in [1.54, 1.807) is 12.1 Å². The minimum atomic E-state index is -0.263. The Morgan fingerprint density at radius 1 is 0.793 bits per heavy atom. The van der Waals surface area contributed by atoms with E-state index in [1.165, 1.54) is 13.5 Å². The molecule has 0 amide bonds. The maximum absolute atomic E-state index is 12.6. The standard InChI is InChI=1S/C26H34O3/c1-21-13-17-23(18-14-21)26(28)24-19-15-22(16-20-24)11-9-7-5-3-4-6-8-10-12-25(27)29-2/h13-20H,3-12H2,1-2H3/i1D,11D. The summed E-state index contributed by atoms with van der Waals surface area (Å²) in [5, 5.41) is 0. The van der Waals surface area contributed by atoms with E-state index in [0.29, 0.717) is 17.5 Å².